The molecule has 0 aromatic heterocycles. The lowest BCUT2D eigenvalue weighted by Gasteiger charge is -2.02. The quantitative estimate of drug-likeness (QED) is 0.580. The van der Waals surface area contributed by atoms with Crippen molar-refractivity contribution in [3.8, 4) is 0 Å². The predicted molar refractivity (Wildman–Crippen MR) is 46.9 cm³/mol. The standard InChI is InChI=1S/C9H19N/c1-4-5-7-10-8-6-9(2)3/h5,7,9-10H,4,6,8H2,1-3H3/b7-5-. The third-order valence-electron chi connectivity index (χ3n) is 1.34. The lowest BCUT2D eigenvalue weighted by atomic mass is 10.1. The summed E-state index contributed by atoms with van der Waals surface area (Å²) in [5.41, 5.74) is 0. The molecule has 0 unspecified atom stereocenters. The van der Waals surface area contributed by atoms with Crippen LogP contribution in [0.1, 0.15) is 33.6 Å². The summed E-state index contributed by atoms with van der Waals surface area (Å²) in [6.07, 6.45) is 6.56. The molecule has 0 aliphatic rings. The largest absolute Gasteiger partial charge is 0.391 e. The van der Waals surface area contributed by atoms with Gasteiger partial charge in [0, 0.05) is 6.54 Å². The SMILES string of the molecule is CC/C=C\NCCC(C)C. The highest BCUT2D eigenvalue weighted by Crippen LogP contribution is 1.95. The van der Waals surface area contributed by atoms with Gasteiger partial charge in [0.25, 0.3) is 0 Å². The molecule has 1 heteroatoms. The molecule has 0 saturated heterocycles. The summed E-state index contributed by atoms with van der Waals surface area (Å²) in [5.74, 6) is 0.808. The van der Waals surface area contributed by atoms with Crippen LogP contribution < -0.4 is 5.32 Å². The normalized spacial score (nSPS) is 11.2. The molecule has 0 rings (SSSR count). The topological polar surface area (TPSA) is 12.0 Å². The molecule has 0 radical (unpaired) electrons. The molecule has 0 spiro atoms. The molecule has 0 heterocycles. The van der Waals surface area contributed by atoms with Crippen molar-refractivity contribution in [3.63, 3.8) is 0 Å². The zero-order valence-corrected chi connectivity index (χ0v) is 7.35. The molecule has 0 fully saturated rings. The van der Waals surface area contributed by atoms with Crippen molar-refractivity contribution < 1.29 is 0 Å². The van der Waals surface area contributed by atoms with Crippen molar-refractivity contribution in [2.24, 2.45) is 5.92 Å². The van der Waals surface area contributed by atoms with Gasteiger partial charge in [-0.05, 0) is 25.0 Å². The molecule has 0 bridgehead atoms. The fourth-order valence-electron chi connectivity index (χ4n) is 0.657. The van der Waals surface area contributed by atoms with Gasteiger partial charge in [0.15, 0.2) is 0 Å². The lowest BCUT2D eigenvalue weighted by molar-refractivity contribution is 0.570. The van der Waals surface area contributed by atoms with E-state index in [2.05, 4.69) is 32.2 Å². The fraction of sp³-hybridized carbons (Fsp3) is 0.778. The Morgan fingerprint density at radius 3 is 2.60 bits per heavy atom. The van der Waals surface area contributed by atoms with Crippen molar-refractivity contribution in [3.05, 3.63) is 12.3 Å². The Balaban J connectivity index is 2.97. The number of nitrogens with one attached hydrogen (secondary N) is 1. The van der Waals surface area contributed by atoms with E-state index in [1.807, 2.05) is 6.20 Å². The first-order valence-electron chi connectivity index (χ1n) is 4.15. The van der Waals surface area contributed by atoms with Crippen LogP contribution in [-0.4, -0.2) is 6.54 Å². The van der Waals surface area contributed by atoms with Crippen LogP contribution in [0.15, 0.2) is 12.3 Å². The Hall–Kier alpha value is -0.460. The Morgan fingerprint density at radius 1 is 1.40 bits per heavy atom. The number of allylic oxidation sites excluding steroid dienone is 1. The molecular formula is C9H19N. The van der Waals surface area contributed by atoms with Crippen LogP contribution in [0.5, 0.6) is 0 Å². The lowest BCUT2D eigenvalue weighted by Crippen LogP contribution is -2.08. The second-order valence-electron chi connectivity index (χ2n) is 2.95. The molecule has 1 N–H and O–H groups in total. The molecule has 0 atom stereocenters. The van der Waals surface area contributed by atoms with Crippen LogP contribution in [0.4, 0.5) is 0 Å². The minimum Gasteiger partial charge on any atom is -0.391 e. The fourth-order valence-corrected chi connectivity index (χ4v) is 0.657. The van der Waals surface area contributed by atoms with Crippen molar-refractivity contribution in [1.82, 2.24) is 5.32 Å². The van der Waals surface area contributed by atoms with Crippen LogP contribution in [0.3, 0.4) is 0 Å². The summed E-state index contributed by atoms with van der Waals surface area (Å²) in [5, 5.41) is 3.24. The highest BCUT2D eigenvalue weighted by atomic mass is 14.8. The van der Waals surface area contributed by atoms with Gasteiger partial charge in [0.1, 0.15) is 0 Å². The highest BCUT2D eigenvalue weighted by Gasteiger charge is 1.89. The van der Waals surface area contributed by atoms with E-state index in [9.17, 15) is 0 Å². The van der Waals surface area contributed by atoms with E-state index >= 15 is 0 Å². The van der Waals surface area contributed by atoms with Crippen LogP contribution >= 0.6 is 0 Å². The zero-order valence-electron chi connectivity index (χ0n) is 7.35. The zero-order chi connectivity index (χ0) is 7.82. The first-order valence-corrected chi connectivity index (χ1v) is 4.15. The number of hydrogen-bond donors (Lipinski definition) is 1. The van der Waals surface area contributed by atoms with Gasteiger partial charge in [-0.15, -0.1) is 0 Å². The number of hydrogen-bond acceptors (Lipinski definition) is 1. The first-order chi connectivity index (χ1) is 4.77. The number of rotatable bonds is 5. The third-order valence-corrected chi connectivity index (χ3v) is 1.34. The monoisotopic (exact) mass is 141 g/mol. The van der Waals surface area contributed by atoms with E-state index in [4.69, 9.17) is 0 Å². The summed E-state index contributed by atoms with van der Waals surface area (Å²) in [7, 11) is 0. The predicted octanol–water partition coefficient (Wildman–Crippen LogP) is 2.55. The Bertz CT molecular complexity index is 84.7. The maximum absolute atomic E-state index is 3.24. The van der Waals surface area contributed by atoms with Gasteiger partial charge in [-0.25, -0.2) is 0 Å². The minimum absolute atomic E-state index is 0.808. The van der Waals surface area contributed by atoms with E-state index < -0.39 is 0 Å². The Morgan fingerprint density at radius 2 is 2.10 bits per heavy atom. The van der Waals surface area contributed by atoms with Gasteiger partial charge in [-0.1, -0.05) is 26.8 Å². The Kier molecular flexibility index (Phi) is 6.35. The summed E-state index contributed by atoms with van der Waals surface area (Å²) in [6.45, 7) is 7.73. The van der Waals surface area contributed by atoms with E-state index in [1.165, 1.54) is 6.42 Å². The molecule has 60 valence electrons. The van der Waals surface area contributed by atoms with E-state index in [-0.39, 0.29) is 0 Å². The van der Waals surface area contributed by atoms with Gasteiger partial charge in [0.05, 0.1) is 0 Å². The van der Waals surface area contributed by atoms with Gasteiger partial charge in [0.2, 0.25) is 0 Å². The second-order valence-corrected chi connectivity index (χ2v) is 2.95. The average Bonchev–Trinajstić information content (AvgIpc) is 1.87. The molecule has 0 aromatic carbocycles. The maximum Gasteiger partial charge on any atom is 0.0143 e. The first kappa shape index (κ1) is 9.54. The minimum atomic E-state index is 0.808. The molecule has 0 aliphatic carbocycles. The van der Waals surface area contributed by atoms with Crippen molar-refractivity contribution in [2.45, 2.75) is 33.6 Å². The van der Waals surface area contributed by atoms with E-state index in [0.717, 1.165) is 18.9 Å². The molecule has 0 saturated carbocycles. The highest BCUT2D eigenvalue weighted by molar-refractivity contribution is 4.77. The van der Waals surface area contributed by atoms with Crippen molar-refractivity contribution in [1.29, 1.82) is 0 Å². The summed E-state index contributed by atoms with van der Waals surface area (Å²) in [6, 6.07) is 0. The summed E-state index contributed by atoms with van der Waals surface area (Å²) >= 11 is 0. The van der Waals surface area contributed by atoms with E-state index in [1.54, 1.807) is 0 Å². The van der Waals surface area contributed by atoms with E-state index in [0.29, 0.717) is 0 Å². The molecule has 1 nitrogen and oxygen atoms in total. The molecular weight excluding hydrogens is 122 g/mol. The van der Waals surface area contributed by atoms with Gasteiger partial charge in [-0.3, -0.25) is 0 Å². The average molecular weight is 141 g/mol. The van der Waals surface area contributed by atoms with Crippen LogP contribution in [0, 0.1) is 5.92 Å². The molecule has 10 heavy (non-hydrogen) atoms. The smallest absolute Gasteiger partial charge is 0.0143 e. The van der Waals surface area contributed by atoms with Gasteiger partial charge >= 0.3 is 0 Å². The van der Waals surface area contributed by atoms with Crippen LogP contribution in [-0.2, 0) is 0 Å². The van der Waals surface area contributed by atoms with Crippen LogP contribution in [0.25, 0.3) is 0 Å². The third kappa shape index (κ3) is 7.54. The summed E-state index contributed by atoms with van der Waals surface area (Å²) in [4.78, 5) is 0. The van der Waals surface area contributed by atoms with Crippen LogP contribution in [0.2, 0.25) is 0 Å². The molecule has 0 aromatic rings. The molecule has 0 aliphatic heterocycles. The van der Waals surface area contributed by atoms with Crippen molar-refractivity contribution >= 4 is 0 Å². The molecule has 0 amide bonds. The summed E-state index contributed by atoms with van der Waals surface area (Å²) < 4.78 is 0. The van der Waals surface area contributed by atoms with Crippen molar-refractivity contribution in [2.75, 3.05) is 6.54 Å². The Labute approximate surface area is 64.5 Å². The van der Waals surface area contributed by atoms with Gasteiger partial charge in [-0.2, -0.15) is 0 Å². The maximum atomic E-state index is 3.24. The van der Waals surface area contributed by atoms with Gasteiger partial charge < -0.3 is 5.32 Å². The second kappa shape index (κ2) is 6.66.